The largest absolute Gasteiger partial charge is 0.496 e. The van der Waals surface area contributed by atoms with E-state index in [0.29, 0.717) is 12.0 Å². The Morgan fingerprint density at radius 2 is 2.10 bits per heavy atom. The van der Waals surface area contributed by atoms with Gasteiger partial charge >= 0.3 is 5.97 Å². The third kappa shape index (κ3) is 2.53. The van der Waals surface area contributed by atoms with Crippen molar-refractivity contribution in [3.8, 4) is 5.75 Å². The summed E-state index contributed by atoms with van der Waals surface area (Å²) in [5.41, 5.74) is 2.71. The minimum absolute atomic E-state index is 0.00231. The molecule has 1 fully saturated rings. The van der Waals surface area contributed by atoms with E-state index in [1.165, 1.54) is 18.2 Å². The Hall–Kier alpha value is -1.55. The van der Waals surface area contributed by atoms with Gasteiger partial charge in [0.1, 0.15) is 5.75 Å². The fourth-order valence-corrected chi connectivity index (χ4v) is 4.03. The lowest BCUT2D eigenvalue weighted by Gasteiger charge is -2.45. The number of carbonyl (C=O) groups excluding carboxylic acids is 1. The van der Waals surface area contributed by atoms with Gasteiger partial charge in [0, 0.05) is 12.6 Å². The van der Waals surface area contributed by atoms with E-state index in [1.807, 2.05) is 6.07 Å². The Kier molecular flexibility index (Phi) is 3.89. The smallest absolute Gasteiger partial charge is 0.309 e. The topological polar surface area (TPSA) is 38.8 Å². The predicted molar refractivity (Wildman–Crippen MR) is 80.4 cm³/mol. The summed E-state index contributed by atoms with van der Waals surface area (Å²) in [6.07, 6.45) is 2.95. The average molecular weight is 289 g/mol. The molecule has 1 aromatic rings. The maximum atomic E-state index is 11.9. The molecular formula is C17H23NO3. The molecule has 3 unspecified atom stereocenters. The quantitative estimate of drug-likeness (QED) is 0.780. The third-order valence-electron chi connectivity index (χ3n) is 5.09. The van der Waals surface area contributed by atoms with Gasteiger partial charge in [0.2, 0.25) is 0 Å². The minimum Gasteiger partial charge on any atom is -0.496 e. The second-order valence-corrected chi connectivity index (χ2v) is 6.23. The van der Waals surface area contributed by atoms with Crippen molar-refractivity contribution in [2.24, 2.45) is 11.8 Å². The molecule has 4 nitrogen and oxygen atoms in total. The Morgan fingerprint density at radius 3 is 2.81 bits per heavy atom. The van der Waals surface area contributed by atoms with E-state index in [-0.39, 0.29) is 11.9 Å². The Morgan fingerprint density at radius 1 is 1.29 bits per heavy atom. The summed E-state index contributed by atoms with van der Waals surface area (Å²) in [6, 6.07) is 6.82. The van der Waals surface area contributed by atoms with E-state index in [9.17, 15) is 4.79 Å². The molecule has 0 saturated carbocycles. The molecule has 0 N–H and O–H groups in total. The number of carbonyl (C=O) groups is 1. The number of nitrogens with zero attached hydrogens (tertiary/aromatic N) is 1. The highest BCUT2D eigenvalue weighted by atomic mass is 16.5. The van der Waals surface area contributed by atoms with E-state index in [1.54, 1.807) is 7.11 Å². The Balaban J connectivity index is 1.87. The van der Waals surface area contributed by atoms with Gasteiger partial charge in [-0.15, -0.1) is 0 Å². The van der Waals surface area contributed by atoms with Gasteiger partial charge in [-0.2, -0.15) is 0 Å². The molecule has 114 valence electrons. The average Bonchev–Trinajstić information content (AvgIpc) is 2.51. The summed E-state index contributed by atoms with van der Waals surface area (Å²) in [4.78, 5) is 14.2. The van der Waals surface area contributed by atoms with Crippen LogP contribution in [0.2, 0.25) is 0 Å². The van der Waals surface area contributed by atoms with Crippen molar-refractivity contribution in [2.75, 3.05) is 27.8 Å². The second kappa shape index (κ2) is 5.68. The van der Waals surface area contributed by atoms with Crippen LogP contribution in [0.1, 0.15) is 17.5 Å². The van der Waals surface area contributed by atoms with Gasteiger partial charge in [-0.1, -0.05) is 12.1 Å². The van der Waals surface area contributed by atoms with Crippen LogP contribution in [-0.2, 0) is 22.4 Å². The lowest BCUT2D eigenvalue weighted by molar-refractivity contribution is -0.149. The summed E-state index contributed by atoms with van der Waals surface area (Å²) in [5.74, 6) is 1.40. The summed E-state index contributed by atoms with van der Waals surface area (Å²) in [7, 11) is 5.33. The summed E-state index contributed by atoms with van der Waals surface area (Å²) >= 11 is 0. The Bertz CT molecular complexity index is 543. The molecule has 3 rings (SSSR count). The van der Waals surface area contributed by atoms with Crippen molar-refractivity contribution in [2.45, 2.75) is 25.3 Å². The fourth-order valence-electron chi connectivity index (χ4n) is 4.03. The number of methoxy groups -OCH3 is 2. The first-order valence-electron chi connectivity index (χ1n) is 7.56. The van der Waals surface area contributed by atoms with Gasteiger partial charge < -0.3 is 14.4 Å². The van der Waals surface area contributed by atoms with Crippen molar-refractivity contribution < 1.29 is 14.3 Å². The molecule has 1 aliphatic heterocycles. The van der Waals surface area contributed by atoms with Gasteiger partial charge in [-0.25, -0.2) is 0 Å². The fraction of sp³-hybridized carbons (Fsp3) is 0.588. The van der Waals surface area contributed by atoms with Crippen molar-refractivity contribution in [3.05, 3.63) is 29.3 Å². The number of benzene rings is 1. The minimum atomic E-state index is -0.0777. The summed E-state index contributed by atoms with van der Waals surface area (Å²) in [5, 5.41) is 0. The molecule has 1 aliphatic carbocycles. The van der Waals surface area contributed by atoms with Gasteiger partial charge in [-0.05, 0) is 49.4 Å². The van der Waals surface area contributed by atoms with Crippen LogP contribution in [0.4, 0.5) is 0 Å². The highest BCUT2D eigenvalue weighted by molar-refractivity contribution is 5.72. The van der Waals surface area contributed by atoms with Crippen LogP contribution in [0.25, 0.3) is 0 Å². The molecule has 21 heavy (non-hydrogen) atoms. The molecule has 0 amide bonds. The van der Waals surface area contributed by atoms with Crippen LogP contribution in [0.5, 0.6) is 5.75 Å². The van der Waals surface area contributed by atoms with E-state index in [2.05, 4.69) is 24.1 Å². The van der Waals surface area contributed by atoms with Crippen molar-refractivity contribution >= 4 is 5.97 Å². The van der Waals surface area contributed by atoms with Gasteiger partial charge in [0.15, 0.2) is 0 Å². The van der Waals surface area contributed by atoms with Crippen LogP contribution >= 0.6 is 0 Å². The molecule has 2 aliphatic rings. The van der Waals surface area contributed by atoms with Gasteiger partial charge in [0.25, 0.3) is 0 Å². The van der Waals surface area contributed by atoms with Crippen LogP contribution in [0.3, 0.4) is 0 Å². The second-order valence-electron chi connectivity index (χ2n) is 6.23. The van der Waals surface area contributed by atoms with Gasteiger partial charge in [0.05, 0.1) is 20.1 Å². The molecule has 0 radical (unpaired) electrons. The number of esters is 1. The van der Waals surface area contributed by atoms with Crippen molar-refractivity contribution in [1.29, 1.82) is 0 Å². The zero-order valence-corrected chi connectivity index (χ0v) is 13.0. The molecule has 0 aromatic heterocycles. The van der Waals surface area contributed by atoms with Crippen LogP contribution in [0, 0.1) is 11.8 Å². The van der Waals surface area contributed by atoms with Crippen LogP contribution in [0.15, 0.2) is 18.2 Å². The monoisotopic (exact) mass is 289 g/mol. The van der Waals surface area contributed by atoms with E-state index in [4.69, 9.17) is 9.47 Å². The number of likely N-dealkylation sites (N-methyl/N-ethyl adjacent to an activating group) is 1. The summed E-state index contributed by atoms with van der Waals surface area (Å²) in [6.45, 7) is 0.799. The number of rotatable bonds is 2. The lowest BCUT2D eigenvalue weighted by Crippen LogP contribution is -2.51. The van der Waals surface area contributed by atoms with Crippen LogP contribution in [-0.4, -0.2) is 44.7 Å². The number of fused-ring (bicyclic) bond motifs is 2. The van der Waals surface area contributed by atoms with Crippen molar-refractivity contribution in [3.63, 3.8) is 0 Å². The third-order valence-corrected chi connectivity index (χ3v) is 5.09. The predicted octanol–water partition coefficient (Wildman–Crippen LogP) is 1.90. The maximum Gasteiger partial charge on any atom is 0.309 e. The Labute approximate surface area is 126 Å². The van der Waals surface area contributed by atoms with E-state index < -0.39 is 0 Å². The number of piperidine rings is 1. The molecule has 1 aromatic carbocycles. The first kappa shape index (κ1) is 14.4. The molecule has 0 bridgehead atoms. The van der Waals surface area contributed by atoms with Crippen molar-refractivity contribution in [1.82, 2.24) is 4.90 Å². The molecule has 4 heteroatoms. The number of hydrogen-bond acceptors (Lipinski definition) is 4. The normalized spacial score (nSPS) is 28.4. The standard InChI is InChI=1S/C17H23NO3/c1-18-10-13(17(19)21-3)7-12-8-14-11(9-15(12)18)5-4-6-16(14)20-2/h4-6,12-13,15H,7-10H2,1-3H3. The van der Waals surface area contributed by atoms with E-state index in [0.717, 1.165) is 31.6 Å². The zero-order chi connectivity index (χ0) is 15.0. The first-order valence-corrected chi connectivity index (χ1v) is 7.56. The highest BCUT2D eigenvalue weighted by Gasteiger charge is 2.40. The zero-order valence-electron chi connectivity index (χ0n) is 13.0. The van der Waals surface area contributed by atoms with Gasteiger partial charge in [-0.3, -0.25) is 4.79 Å². The highest BCUT2D eigenvalue weighted by Crippen LogP contribution is 2.39. The first-order chi connectivity index (χ1) is 10.1. The summed E-state index contributed by atoms with van der Waals surface area (Å²) < 4.78 is 10.5. The molecule has 0 spiro atoms. The number of ether oxygens (including phenoxy) is 2. The molecular weight excluding hydrogens is 266 g/mol. The molecule has 1 saturated heterocycles. The molecule has 3 atom stereocenters. The number of hydrogen-bond donors (Lipinski definition) is 0. The molecule has 1 heterocycles. The number of likely N-dealkylation sites (tertiary alicyclic amines) is 1. The SMILES string of the molecule is COC(=O)C1CC2Cc3c(cccc3OC)CC2N(C)C1. The van der Waals surface area contributed by atoms with Crippen LogP contribution < -0.4 is 4.74 Å². The van der Waals surface area contributed by atoms with E-state index >= 15 is 0 Å². The maximum absolute atomic E-state index is 11.9. The lowest BCUT2D eigenvalue weighted by atomic mass is 9.72.